The highest BCUT2D eigenvalue weighted by Crippen LogP contribution is 2.17. The first-order valence-electron chi connectivity index (χ1n) is 6.28. The molecule has 0 atom stereocenters. The molecule has 3 heteroatoms. The van der Waals surface area contributed by atoms with Gasteiger partial charge in [-0.3, -0.25) is 4.79 Å². The molecule has 0 saturated carbocycles. The summed E-state index contributed by atoms with van der Waals surface area (Å²) in [5.41, 5.74) is 0.996. The van der Waals surface area contributed by atoms with E-state index in [1.165, 1.54) is 12.1 Å². The van der Waals surface area contributed by atoms with Crippen LogP contribution in [0.5, 0.6) is 0 Å². The smallest absolute Gasteiger partial charge is 0.255 e. The normalized spacial score (nSPS) is 10.4. The Balaban J connectivity index is 1.88. The van der Waals surface area contributed by atoms with E-state index in [0.717, 1.165) is 10.8 Å². The molecule has 98 valence electrons. The molecule has 3 rings (SSSR count). The van der Waals surface area contributed by atoms with Gasteiger partial charge in [-0.25, -0.2) is 4.39 Å². The molecule has 2 nitrogen and oxygen atoms in total. The van der Waals surface area contributed by atoms with Crippen molar-refractivity contribution in [3.63, 3.8) is 0 Å². The highest BCUT2D eigenvalue weighted by molar-refractivity contribution is 6.06. The van der Waals surface area contributed by atoms with Crippen LogP contribution in [0.2, 0.25) is 0 Å². The number of nitrogens with one attached hydrogen (secondary N) is 1. The third kappa shape index (κ3) is 2.52. The number of carbonyl (C=O) groups excluding carboxylic acids is 1. The van der Waals surface area contributed by atoms with Crippen molar-refractivity contribution in [2.75, 3.05) is 5.32 Å². The zero-order chi connectivity index (χ0) is 13.9. The van der Waals surface area contributed by atoms with Crippen LogP contribution in [-0.2, 0) is 0 Å². The maximum absolute atomic E-state index is 13.1. The van der Waals surface area contributed by atoms with Gasteiger partial charge in [0.1, 0.15) is 5.82 Å². The van der Waals surface area contributed by atoms with E-state index in [1.807, 2.05) is 36.4 Å². The minimum absolute atomic E-state index is 0.249. The summed E-state index contributed by atoms with van der Waals surface area (Å²) in [6.07, 6.45) is 0. The van der Waals surface area contributed by atoms with Gasteiger partial charge in [-0.05, 0) is 41.1 Å². The largest absolute Gasteiger partial charge is 0.322 e. The van der Waals surface area contributed by atoms with Gasteiger partial charge in [-0.15, -0.1) is 0 Å². The van der Waals surface area contributed by atoms with Crippen LogP contribution in [0, 0.1) is 5.82 Å². The number of hydrogen-bond acceptors (Lipinski definition) is 1. The standard InChI is InChI=1S/C17H12FNO/c18-15-6-3-7-16(11-15)19-17(20)14-9-8-12-4-1-2-5-13(12)10-14/h1-11H,(H,19,20). The number of halogens is 1. The number of benzene rings is 3. The van der Waals surface area contributed by atoms with Crippen molar-refractivity contribution in [2.45, 2.75) is 0 Å². The maximum Gasteiger partial charge on any atom is 0.255 e. The Morgan fingerprint density at radius 2 is 1.65 bits per heavy atom. The van der Waals surface area contributed by atoms with Crippen molar-refractivity contribution in [3.05, 3.63) is 78.1 Å². The zero-order valence-electron chi connectivity index (χ0n) is 10.6. The number of fused-ring (bicyclic) bond motifs is 1. The first kappa shape index (κ1) is 12.4. The number of carbonyl (C=O) groups is 1. The van der Waals surface area contributed by atoms with E-state index in [4.69, 9.17) is 0 Å². The zero-order valence-corrected chi connectivity index (χ0v) is 10.6. The van der Waals surface area contributed by atoms with E-state index in [-0.39, 0.29) is 11.7 Å². The average Bonchev–Trinajstić information content (AvgIpc) is 2.47. The van der Waals surface area contributed by atoms with E-state index < -0.39 is 0 Å². The molecule has 3 aromatic rings. The lowest BCUT2D eigenvalue weighted by Crippen LogP contribution is -2.11. The molecular weight excluding hydrogens is 253 g/mol. The molecule has 20 heavy (non-hydrogen) atoms. The Labute approximate surface area is 115 Å². The van der Waals surface area contributed by atoms with Crippen LogP contribution in [0.1, 0.15) is 10.4 Å². The molecule has 3 aromatic carbocycles. The fourth-order valence-electron chi connectivity index (χ4n) is 2.10. The second kappa shape index (κ2) is 5.13. The molecular formula is C17H12FNO. The van der Waals surface area contributed by atoms with Crippen LogP contribution < -0.4 is 5.32 Å². The molecule has 0 radical (unpaired) electrons. The van der Waals surface area contributed by atoms with Crippen LogP contribution in [0.15, 0.2) is 66.7 Å². The summed E-state index contributed by atoms with van der Waals surface area (Å²) in [5, 5.41) is 4.76. The third-order valence-corrected chi connectivity index (χ3v) is 3.09. The van der Waals surface area contributed by atoms with E-state index in [1.54, 1.807) is 18.2 Å². The predicted molar refractivity (Wildman–Crippen MR) is 78.3 cm³/mol. The number of rotatable bonds is 2. The van der Waals surface area contributed by atoms with Crippen LogP contribution >= 0.6 is 0 Å². The molecule has 0 unspecified atom stereocenters. The predicted octanol–water partition coefficient (Wildman–Crippen LogP) is 4.23. The minimum Gasteiger partial charge on any atom is -0.322 e. The molecule has 0 heterocycles. The summed E-state index contributed by atoms with van der Waals surface area (Å²) in [7, 11) is 0. The van der Waals surface area contributed by atoms with Gasteiger partial charge in [0.15, 0.2) is 0 Å². The van der Waals surface area contributed by atoms with Gasteiger partial charge < -0.3 is 5.32 Å². The molecule has 0 saturated heterocycles. The van der Waals surface area contributed by atoms with Gasteiger partial charge in [0.2, 0.25) is 0 Å². The molecule has 0 aliphatic rings. The third-order valence-electron chi connectivity index (χ3n) is 3.09. The maximum atomic E-state index is 13.1. The summed E-state index contributed by atoms with van der Waals surface area (Å²) in [6.45, 7) is 0. The van der Waals surface area contributed by atoms with Crippen molar-refractivity contribution < 1.29 is 9.18 Å². The molecule has 0 bridgehead atoms. The topological polar surface area (TPSA) is 29.1 Å². The van der Waals surface area contributed by atoms with Gasteiger partial charge in [0.25, 0.3) is 5.91 Å². The molecule has 0 fully saturated rings. The Hall–Kier alpha value is -2.68. The second-order valence-corrected chi connectivity index (χ2v) is 4.53. The Morgan fingerprint density at radius 1 is 0.850 bits per heavy atom. The second-order valence-electron chi connectivity index (χ2n) is 4.53. The van der Waals surface area contributed by atoms with E-state index >= 15 is 0 Å². The van der Waals surface area contributed by atoms with E-state index in [0.29, 0.717) is 11.3 Å². The first-order valence-corrected chi connectivity index (χ1v) is 6.28. The average molecular weight is 265 g/mol. The van der Waals surface area contributed by atoms with Crippen molar-refractivity contribution >= 4 is 22.4 Å². The molecule has 1 N–H and O–H groups in total. The Bertz CT molecular complexity index is 783. The van der Waals surface area contributed by atoms with Crippen LogP contribution in [0.3, 0.4) is 0 Å². The highest BCUT2D eigenvalue weighted by atomic mass is 19.1. The monoisotopic (exact) mass is 265 g/mol. The Kier molecular flexibility index (Phi) is 3.17. The number of amides is 1. The van der Waals surface area contributed by atoms with Crippen molar-refractivity contribution in [3.8, 4) is 0 Å². The van der Waals surface area contributed by atoms with Crippen LogP contribution in [0.4, 0.5) is 10.1 Å². The minimum atomic E-state index is -0.374. The molecule has 0 aliphatic carbocycles. The van der Waals surface area contributed by atoms with Gasteiger partial charge in [0.05, 0.1) is 0 Å². The van der Waals surface area contributed by atoms with Crippen molar-refractivity contribution in [1.82, 2.24) is 0 Å². The first-order chi connectivity index (χ1) is 9.72. The van der Waals surface area contributed by atoms with E-state index in [2.05, 4.69) is 5.32 Å². The molecule has 0 aromatic heterocycles. The lowest BCUT2D eigenvalue weighted by atomic mass is 10.1. The quantitative estimate of drug-likeness (QED) is 0.738. The summed E-state index contributed by atoms with van der Waals surface area (Å²) in [6, 6.07) is 19.2. The van der Waals surface area contributed by atoms with Gasteiger partial charge in [-0.1, -0.05) is 36.4 Å². The molecule has 1 amide bonds. The summed E-state index contributed by atoms with van der Waals surface area (Å²) in [5.74, 6) is -0.623. The van der Waals surface area contributed by atoms with Gasteiger partial charge in [0, 0.05) is 11.3 Å². The molecule has 0 spiro atoms. The highest BCUT2D eigenvalue weighted by Gasteiger charge is 2.07. The molecule has 0 aliphatic heterocycles. The van der Waals surface area contributed by atoms with Gasteiger partial charge >= 0.3 is 0 Å². The Morgan fingerprint density at radius 3 is 2.45 bits per heavy atom. The summed E-state index contributed by atoms with van der Waals surface area (Å²) >= 11 is 0. The summed E-state index contributed by atoms with van der Waals surface area (Å²) < 4.78 is 13.1. The van der Waals surface area contributed by atoms with Crippen molar-refractivity contribution in [2.24, 2.45) is 0 Å². The SMILES string of the molecule is O=C(Nc1cccc(F)c1)c1ccc2ccccc2c1. The van der Waals surface area contributed by atoms with E-state index in [9.17, 15) is 9.18 Å². The fourth-order valence-corrected chi connectivity index (χ4v) is 2.10. The lowest BCUT2D eigenvalue weighted by molar-refractivity contribution is 0.102. The fraction of sp³-hybridized carbons (Fsp3) is 0. The lowest BCUT2D eigenvalue weighted by Gasteiger charge is -2.06. The summed E-state index contributed by atoms with van der Waals surface area (Å²) in [4.78, 5) is 12.1. The van der Waals surface area contributed by atoms with Crippen molar-refractivity contribution in [1.29, 1.82) is 0 Å². The number of hydrogen-bond donors (Lipinski definition) is 1. The van der Waals surface area contributed by atoms with Gasteiger partial charge in [-0.2, -0.15) is 0 Å². The van der Waals surface area contributed by atoms with Crippen LogP contribution in [-0.4, -0.2) is 5.91 Å². The number of anilines is 1. The van der Waals surface area contributed by atoms with Crippen LogP contribution in [0.25, 0.3) is 10.8 Å².